The summed E-state index contributed by atoms with van der Waals surface area (Å²) in [6, 6.07) is 5.59. The molecule has 0 unspecified atom stereocenters. The number of pyridine rings is 1. The average molecular weight is 277 g/mol. The van der Waals surface area contributed by atoms with E-state index in [1.807, 2.05) is 25.1 Å². The van der Waals surface area contributed by atoms with E-state index >= 15 is 0 Å². The molecule has 2 aromatic heterocycles. The summed E-state index contributed by atoms with van der Waals surface area (Å²) in [5, 5.41) is 9.60. The van der Waals surface area contributed by atoms with E-state index in [9.17, 15) is 4.79 Å². The molecule has 0 aromatic carbocycles. The zero-order valence-corrected chi connectivity index (χ0v) is 11.6. The highest BCUT2D eigenvalue weighted by molar-refractivity contribution is 7.17. The highest BCUT2D eigenvalue weighted by atomic mass is 32.1. The third kappa shape index (κ3) is 2.97. The van der Waals surface area contributed by atoms with Crippen molar-refractivity contribution in [1.29, 1.82) is 0 Å². The van der Waals surface area contributed by atoms with Crippen molar-refractivity contribution < 1.29 is 9.90 Å². The van der Waals surface area contributed by atoms with Gasteiger partial charge in [-0.2, -0.15) is 0 Å². The summed E-state index contributed by atoms with van der Waals surface area (Å²) < 4.78 is 0. The van der Waals surface area contributed by atoms with Gasteiger partial charge in [0.05, 0.1) is 18.0 Å². The molecule has 6 heteroatoms. The van der Waals surface area contributed by atoms with Crippen molar-refractivity contribution in [2.75, 3.05) is 20.2 Å². The predicted molar refractivity (Wildman–Crippen MR) is 74.1 cm³/mol. The van der Waals surface area contributed by atoms with E-state index < -0.39 is 0 Å². The van der Waals surface area contributed by atoms with Gasteiger partial charge in [0.2, 0.25) is 0 Å². The Bertz CT molecular complexity index is 569. The Labute approximate surface area is 115 Å². The molecule has 0 aliphatic rings. The van der Waals surface area contributed by atoms with Crippen LogP contribution in [-0.2, 0) is 0 Å². The van der Waals surface area contributed by atoms with Crippen molar-refractivity contribution in [3.8, 4) is 10.7 Å². The first kappa shape index (κ1) is 13.6. The van der Waals surface area contributed by atoms with Crippen LogP contribution in [0.25, 0.3) is 10.7 Å². The molecule has 2 aromatic rings. The lowest BCUT2D eigenvalue weighted by Crippen LogP contribution is -2.29. The molecule has 19 heavy (non-hydrogen) atoms. The summed E-state index contributed by atoms with van der Waals surface area (Å²) in [6.07, 6.45) is 1.70. The fraction of sp³-hybridized carbons (Fsp3) is 0.308. The molecule has 5 nitrogen and oxygen atoms in total. The van der Waals surface area contributed by atoms with Gasteiger partial charge in [0.15, 0.2) is 0 Å². The van der Waals surface area contributed by atoms with Gasteiger partial charge in [-0.25, -0.2) is 4.98 Å². The fourth-order valence-corrected chi connectivity index (χ4v) is 2.66. The molecular weight excluding hydrogens is 262 g/mol. The zero-order chi connectivity index (χ0) is 13.8. The van der Waals surface area contributed by atoms with Gasteiger partial charge in [-0.05, 0) is 19.1 Å². The highest BCUT2D eigenvalue weighted by Gasteiger charge is 2.19. The number of hydrogen-bond donors (Lipinski definition) is 1. The van der Waals surface area contributed by atoms with E-state index in [1.54, 1.807) is 13.2 Å². The van der Waals surface area contributed by atoms with Crippen LogP contribution >= 0.6 is 11.3 Å². The van der Waals surface area contributed by atoms with Gasteiger partial charge >= 0.3 is 0 Å². The first-order valence-corrected chi connectivity index (χ1v) is 6.70. The van der Waals surface area contributed by atoms with Crippen LogP contribution < -0.4 is 0 Å². The van der Waals surface area contributed by atoms with Gasteiger partial charge in [0.1, 0.15) is 9.88 Å². The first-order chi connectivity index (χ1) is 9.13. The molecule has 0 saturated carbocycles. The second-order valence-electron chi connectivity index (χ2n) is 4.10. The number of nitrogens with zero attached hydrogens (tertiary/aromatic N) is 3. The monoisotopic (exact) mass is 277 g/mol. The van der Waals surface area contributed by atoms with Crippen molar-refractivity contribution in [2.45, 2.75) is 6.92 Å². The second kappa shape index (κ2) is 5.90. The lowest BCUT2D eigenvalue weighted by molar-refractivity contribution is 0.0771. The minimum Gasteiger partial charge on any atom is -0.395 e. The summed E-state index contributed by atoms with van der Waals surface area (Å²) >= 11 is 1.33. The minimum absolute atomic E-state index is 0.0484. The molecule has 2 heterocycles. The molecule has 2 rings (SSSR count). The summed E-state index contributed by atoms with van der Waals surface area (Å²) in [5.41, 5.74) is 1.46. The topological polar surface area (TPSA) is 66.3 Å². The lowest BCUT2D eigenvalue weighted by Gasteiger charge is -2.14. The third-order valence-corrected chi connectivity index (χ3v) is 3.82. The van der Waals surface area contributed by atoms with Crippen molar-refractivity contribution in [2.24, 2.45) is 0 Å². The Morgan fingerprint density at radius 1 is 1.47 bits per heavy atom. The molecule has 0 saturated heterocycles. The van der Waals surface area contributed by atoms with E-state index in [2.05, 4.69) is 9.97 Å². The summed E-state index contributed by atoms with van der Waals surface area (Å²) in [7, 11) is 1.66. The Hall–Kier alpha value is -1.79. The van der Waals surface area contributed by atoms with Gasteiger partial charge in [-0.15, -0.1) is 11.3 Å². The van der Waals surface area contributed by atoms with Crippen LogP contribution in [-0.4, -0.2) is 46.1 Å². The number of carbonyl (C=O) groups is 1. The Morgan fingerprint density at radius 2 is 2.26 bits per heavy atom. The SMILES string of the molecule is Cc1nc(-c2ccccn2)sc1C(=O)N(C)CCO. The molecule has 0 fully saturated rings. The number of hydrogen-bond acceptors (Lipinski definition) is 5. The Kier molecular flexibility index (Phi) is 4.24. The van der Waals surface area contributed by atoms with Gasteiger partial charge in [0, 0.05) is 19.8 Å². The molecular formula is C13H15N3O2S. The smallest absolute Gasteiger partial charge is 0.265 e. The maximum Gasteiger partial charge on any atom is 0.265 e. The molecule has 100 valence electrons. The van der Waals surface area contributed by atoms with Crippen molar-refractivity contribution in [3.05, 3.63) is 35.0 Å². The van der Waals surface area contributed by atoms with Crippen LogP contribution in [0, 0.1) is 6.92 Å². The summed E-state index contributed by atoms with van der Waals surface area (Å²) in [5.74, 6) is -0.119. The highest BCUT2D eigenvalue weighted by Crippen LogP contribution is 2.27. The molecule has 0 aliphatic carbocycles. The van der Waals surface area contributed by atoms with Crippen LogP contribution in [0.3, 0.4) is 0 Å². The number of likely N-dealkylation sites (N-methyl/N-ethyl adjacent to an activating group) is 1. The van der Waals surface area contributed by atoms with E-state index in [1.165, 1.54) is 16.2 Å². The number of aliphatic hydroxyl groups excluding tert-OH is 1. The molecule has 0 spiro atoms. The number of aryl methyl sites for hydroxylation is 1. The Balaban J connectivity index is 2.29. The minimum atomic E-state index is -0.119. The molecule has 0 bridgehead atoms. The van der Waals surface area contributed by atoms with Gasteiger partial charge < -0.3 is 10.0 Å². The number of aromatic nitrogens is 2. The van der Waals surface area contributed by atoms with Crippen LogP contribution in [0.15, 0.2) is 24.4 Å². The van der Waals surface area contributed by atoms with Crippen LogP contribution in [0.4, 0.5) is 0 Å². The van der Waals surface area contributed by atoms with Crippen molar-refractivity contribution in [1.82, 2.24) is 14.9 Å². The van der Waals surface area contributed by atoms with Crippen LogP contribution in [0.2, 0.25) is 0 Å². The maximum atomic E-state index is 12.2. The second-order valence-corrected chi connectivity index (χ2v) is 5.10. The van der Waals surface area contributed by atoms with Gasteiger partial charge in [-0.3, -0.25) is 9.78 Å². The van der Waals surface area contributed by atoms with Crippen LogP contribution in [0.5, 0.6) is 0 Å². The average Bonchev–Trinajstić information content (AvgIpc) is 2.81. The molecule has 1 N–H and O–H groups in total. The van der Waals surface area contributed by atoms with E-state index in [-0.39, 0.29) is 12.5 Å². The molecule has 0 radical (unpaired) electrons. The largest absolute Gasteiger partial charge is 0.395 e. The molecule has 0 atom stereocenters. The van der Waals surface area contributed by atoms with E-state index in [0.29, 0.717) is 17.1 Å². The quantitative estimate of drug-likeness (QED) is 0.921. The first-order valence-electron chi connectivity index (χ1n) is 5.88. The predicted octanol–water partition coefficient (Wildman–Crippen LogP) is 1.58. The number of carbonyl (C=O) groups excluding carboxylic acids is 1. The molecule has 0 aliphatic heterocycles. The van der Waals surface area contributed by atoms with Gasteiger partial charge in [0.25, 0.3) is 5.91 Å². The number of rotatable bonds is 4. The number of thiazole rings is 1. The lowest BCUT2D eigenvalue weighted by atomic mass is 10.3. The maximum absolute atomic E-state index is 12.2. The molecule has 1 amide bonds. The Morgan fingerprint density at radius 3 is 2.89 bits per heavy atom. The van der Waals surface area contributed by atoms with Crippen molar-refractivity contribution >= 4 is 17.2 Å². The number of amides is 1. The van der Waals surface area contributed by atoms with E-state index in [0.717, 1.165) is 10.7 Å². The zero-order valence-electron chi connectivity index (χ0n) is 10.8. The number of aliphatic hydroxyl groups is 1. The summed E-state index contributed by atoms with van der Waals surface area (Å²) in [4.78, 5) is 22.9. The normalized spacial score (nSPS) is 10.5. The third-order valence-electron chi connectivity index (χ3n) is 2.66. The van der Waals surface area contributed by atoms with Crippen LogP contribution in [0.1, 0.15) is 15.4 Å². The summed E-state index contributed by atoms with van der Waals surface area (Å²) in [6.45, 7) is 2.07. The fourth-order valence-electron chi connectivity index (χ4n) is 1.62. The van der Waals surface area contributed by atoms with Gasteiger partial charge in [-0.1, -0.05) is 6.07 Å². The van der Waals surface area contributed by atoms with Crippen molar-refractivity contribution in [3.63, 3.8) is 0 Å². The van der Waals surface area contributed by atoms with E-state index in [4.69, 9.17) is 5.11 Å². The standard InChI is InChI=1S/C13H15N3O2S/c1-9-11(13(18)16(2)7-8-17)19-12(15-9)10-5-3-4-6-14-10/h3-6,17H,7-8H2,1-2H3.